The van der Waals surface area contributed by atoms with Crippen molar-refractivity contribution in [2.24, 2.45) is 5.16 Å². The molecule has 0 aliphatic heterocycles. The van der Waals surface area contributed by atoms with Crippen LogP contribution in [0.25, 0.3) is 0 Å². The summed E-state index contributed by atoms with van der Waals surface area (Å²) in [5, 5.41) is 3.80. The molecule has 0 bridgehead atoms. The summed E-state index contributed by atoms with van der Waals surface area (Å²) in [6.45, 7) is 5.19. The molecule has 0 N–H and O–H groups in total. The zero-order chi connectivity index (χ0) is 17.8. The number of esters is 1. The number of hydrogen-bond acceptors (Lipinski definition) is 8. The van der Waals surface area contributed by atoms with Crippen LogP contribution in [0, 0.1) is 0 Å². The van der Waals surface area contributed by atoms with Gasteiger partial charge in [0, 0.05) is 12.8 Å². The highest BCUT2D eigenvalue weighted by Crippen LogP contribution is 2.38. The maximum absolute atomic E-state index is 11.8. The molecule has 1 fully saturated rings. The topological polar surface area (TPSA) is 96.6 Å². The maximum atomic E-state index is 11.8. The third kappa shape index (κ3) is 4.50. The van der Waals surface area contributed by atoms with Crippen LogP contribution in [0.1, 0.15) is 45.8 Å². The molecule has 132 valence electrons. The van der Waals surface area contributed by atoms with E-state index in [-0.39, 0.29) is 11.5 Å². The van der Waals surface area contributed by atoms with Crippen LogP contribution in [0.4, 0.5) is 4.79 Å². The van der Waals surface area contributed by atoms with Crippen molar-refractivity contribution >= 4 is 17.8 Å². The highest BCUT2D eigenvalue weighted by molar-refractivity contribution is 6.42. The van der Waals surface area contributed by atoms with Gasteiger partial charge in [-0.3, -0.25) is 0 Å². The Morgan fingerprint density at radius 2 is 2.00 bits per heavy atom. The summed E-state index contributed by atoms with van der Waals surface area (Å²) in [5.41, 5.74) is -0.835. The Morgan fingerprint density at radius 3 is 2.46 bits per heavy atom. The standard InChI is InChI=1S/C16H21NO7/c1-15(2,3)22-14(19)23-16(8-6-9-16)24-17-12(13(18)20-4)11-7-5-10-21-11/h5,7,10H,6,8-9H2,1-4H3. The first-order valence-corrected chi connectivity index (χ1v) is 7.55. The van der Waals surface area contributed by atoms with E-state index in [4.69, 9.17) is 18.7 Å². The summed E-state index contributed by atoms with van der Waals surface area (Å²) in [5.74, 6) is -1.78. The fourth-order valence-corrected chi connectivity index (χ4v) is 1.92. The average Bonchev–Trinajstić information content (AvgIpc) is 2.96. The minimum atomic E-state index is -1.24. The molecule has 8 nitrogen and oxygen atoms in total. The monoisotopic (exact) mass is 339 g/mol. The second-order valence-electron chi connectivity index (χ2n) is 6.33. The molecule has 0 spiro atoms. The van der Waals surface area contributed by atoms with Gasteiger partial charge in [-0.15, -0.1) is 0 Å². The Bertz CT molecular complexity index is 609. The van der Waals surface area contributed by atoms with E-state index in [1.54, 1.807) is 32.9 Å². The molecule has 2 rings (SSSR count). The lowest BCUT2D eigenvalue weighted by molar-refractivity contribution is -0.257. The van der Waals surface area contributed by atoms with Gasteiger partial charge in [0.05, 0.1) is 13.4 Å². The largest absolute Gasteiger partial charge is 0.512 e. The number of nitrogens with zero attached hydrogens (tertiary/aromatic N) is 1. The van der Waals surface area contributed by atoms with Gasteiger partial charge >= 0.3 is 12.1 Å². The van der Waals surface area contributed by atoms with E-state index in [2.05, 4.69) is 9.89 Å². The normalized spacial score (nSPS) is 16.8. The maximum Gasteiger partial charge on any atom is 0.512 e. The highest BCUT2D eigenvalue weighted by Gasteiger charge is 2.46. The zero-order valence-electron chi connectivity index (χ0n) is 14.2. The van der Waals surface area contributed by atoms with Gasteiger partial charge in [0.25, 0.3) is 5.79 Å². The molecular weight excluding hydrogens is 318 g/mol. The second-order valence-corrected chi connectivity index (χ2v) is 6.33. The van der Waals surface area contributed by atoms with Crippen LogP contribution >= 0.6 is 0 Å². The predicted molar refractivity (Wildman–Crippen MR) is 82.2 cm³/mol. The van der Waals surface area contributed by atoms with E-state index >= 15 is 0 Å². The molecule has 24 heavy (non-hydrogen) atoms. The fraction of sp³-hybridized carbons (Fsp3) is 0.562. The smallest absolute Gasteiger partial charge is 0.464 e. The lowest BCUT2D eigenvalue weighted by Gasteiger charge is -2.37. The Balaban J connectivity index is 2.10. The van der Waals surface area contributed by atoms with E-state index in [9.17, 15) is 9.59 Å². The van der Waals surface area contributed by atoms with Gasteiger partial charge < -0.3 is 23.5 Å². The molecule has 1 saturated carbocycles. The Labute approximate surface area is 139 Å². The molecule has 1 aliphatic carbocycles. The summed E-state index contributed by atoms with van der Waals surface area (Å²) in [7, 11) is 1.22. The van der Waals surface area contributed by atoms with Crippen LogP contribution < -0.4 is 0 Å². The second kappa shape index (κ2) is 6.94. The van der Waals surface area contributed by atoms with Gasteiger partial charge in [0.1, 0.15) is 5.60 Å². The van der Waals surface area contributed by atoms with Crippen molar-refractivity contribution in [3.8, 4) is 0 Å². The number of oxime groups is 1. The van der Waals surface area contributed by atoms with Crippen LogP contribution in [0.5, 0.6) is 0 Å². The first-order chi connectivity index (χ1) is 11.2. The first kappa shape index (κ1) is 17.8. The van der Waals surface area contributed by atoms with Crippen molar-refractivity contribution in [3.05, 3.63) is 24.2 Å². The SMILES string of the molecule is COC(=O)C(=NOC1(OC(=O)OC(C)(C)C)CCC1)c1ccco1. The summed E-state index contributed by atoms with van der Waals surface area (Å²) in [4.78, 5) is 29.0. The molecule has 0 atom stereocenters. The molecule has 0 aromatic carbocycles. The van der Waals surface area contributed by atoms with Crippen molar-refractivity contribution in [2.75, 3.05) is 7.11 Å². The van der Waals surface area contributed by atoms with Gasteiger partial charge in [-0.05, 0) is 39.3 Å². The van der Waals surface area contributed by atoms with Crippen molar-refractivity contribution in [3.63, 3.8) is 0 Å². The van der Waals surface area contributed by atoms with Crippen molar-refractivity contribution in [1.82, 2.24) is 0 Å². The third-order valence-corrected chi connectivity index (χ3v) is 3.21. The van der Waals surface area contributed by atoms with Crippen molar-refractivity contribution < 1.29 is 33.1 Å². The number of carbonyl (C=O) groups excluding carboxylic acids is 2. The molecule has 1 aliphatic rings. The summed E-state index contributed by atoms with van der Waals surface area (Å²) in [6, 6.07) is 3.14. The van der Waals surface area contributed by atoms with Crippen molar-refractivity contribution in [1.29, 1.82) is 0 Å². The van der Waals surface area contributed by atoms with E-state index < -0.39 is 23.5 Å². The molecule has 1 aromatic rings. The first-order valence-electron chi connectivity index (χ1n) is 7.55. The van der Waals surface area contributed by atoms with Crippen LogP contribution in [-0.4, -0.2) is 36.3 Å². The molecule has 0 unspecified atom stereocenters. The minimum absolute atomic E-state index is 0.151. The number of hydrogen-bond donors (Lipinski definition) is 0. The van der Waals surface area contributed by atoms with E-state index in [1.165, 1.54) is 13.4 Å². The Kier molecular flexibility index (Phi) is 5.16. The zero-order valence-corrected chi connectivity index (χ0v) is 14.2. The van der Waals surface area contributed by atoms with Gasteiger partial charge in [-0.25, -0.2) is 9.59 Å². The van der Waals surface area contributed by atoms with Gasteiger partial charge in [-0.2, -0.15) is 0 Å². The predicted octanol–water partition coefficient (Wildman–Crippen LogP) is 3.01. The summed E-state index contributed by atoms with van der Waals surface area (Å²) < 4.78 is 20.2. The number of carbonyl (C=O) groups is 2. The number of furan rings is 1. The fourth-order valence-electron chi connectivity index (χ4n) is 1.92. The third-order valence-electron chi connectivity index (χ3n) is 3.21. The molecule has 0 amide bonds. The van der Waals surface area contributed by atoms with Crippen LogP contribution in [0.3, 0.4) is 0 Å². The van der Waals surface area contributed by atoms with Crippen LogP contribution in [0.15, 0.2) is 28.0 Å². The number of rotatable bonds is 5. The van der Waals surface area contributed by atoms with E-state index in [1.807, 2.05) is 0 Å². The molecule has 1 aromatic heterocycles. The molecule has 0 saturated heterocycles. The molecular formula is C16H21NO7. The van der Waals surface area contributed by atoms with Gasteiger partial charge in [0.2, 0.25) is 5.71 Å². The number of ether oxygens (including phenoxy) is 3. The summed E-state index contributed by atoms with van der Waals surface area (Å²) >= 11 is 0. The highest BCUT2D eigenvalue weighted by atomic mass is 16.8. The molecule has 8 heteroatoms. The average molecular weight is 339 g/mol. The van der Waals surface area contributed by atoms with Crippen LogP contribution in [-0.2, 0) is 23.8 Å². The minimum Gasteiger partial charge on any atom is -0.464 e. The van der Waals surface area contributed by atoms with Crippen LogP contribution in [0.2, 0.25) is 0 Å². The molecule has 1 heterocycles. The Hall–Kier alpha value is -2.51. The van der Waals surface area contributed by atoms with Gasteiger partial charge in [-0.1, -0.05) is 5.16 Å². The quantitative estimate of drug-likeness (QED) is 0.352. The molecule has 0 radical (unpaired) electrons. The lowest BCUT2D eigenvalue weighted by atomic mass is 9.91. The van der Waals surface area contributed by atoms with Gasteiger partial charge in [0.15, 0.2) is 5.76 Å². The van der Waals surface area contributed by atoms with E-state index in [0.717, 1.165) is 6.42 Å². The lowest BCUT2D eigenvalue weighted by Crippen LogP contribution is -2.45. The Morgan fingerprint density at radius 1 is 1.29 bits per heavy atom. The summed E-state index contributed by atoms with van der Waals surface area (Å²) in [6.07, 6.45) is 2.23. The van der Waals surface area contributed by atoms with Crippen molar-refractivity contribution in [2.45, 2.75) is 51.4 Å². The van der Waals surface area contributed by atoms with E-state index in [0.29, 0.717) is 12.8 Å². The number of methoxy groups -OCH3 is 1.